The van der Waals surface area contributed by atoms with Gasteiger partial charge in [0.1, 0.15) is 0 Å². The number of carboxylic acid groups (broad SMARTS) is 1. The largest absolute Gasteiger partial charge is 0.481 e. The van der Waals surface area contributed by atoms with Crippen LogP contribution in [0.1, 0.15) is 12.0 Å². The highest BCUT2D eigenvalue weighted by molar-refractivity contribution is 5.70. The number of fused-ring (bicyclic) bond motifs is 1. The SMILES string of the molecule is Nc1c(CCC(=O)O)ccc2c1OC(N)O2. The Bertz CT molecular complexity index is 433. The van der Waals surface area contributed by atoms with E-state index in [0.717, 1.165) is 5.56 Å². The number of anilines is 1. The first kappa shape index (κ1) is 10.6. The Labute approximate surface area is 91.7 Å². The second-order valence-electron chi connectivity index (χ2n) is 3.46. The molecule has 0 bridgehead atoms. The molecule has 1 aromatic carbocycles. The van der Waals surface area contributed by atoms with Crippen LogP contribution in [0.4, 0.5) is 5.69 Å². The topological polar surface area (TPSA) is 108 Å². The third-order valence-electron chi connectivity index (χ3n) is 2.34. The minimum Gasteiger partial charge on any atom is -0.481 e. The van der Waals surface area contributed by atoms with E-state index in [4.69, 9.17) is 26.0 Å². The van der Waals surface area contributed by atoms with Gasteiger partial charge in [-0.05, 0) is 18.1 Å². The smallest absolute Gasteiger partial charge is 0.303 e. The van der Waals surface area contributed by atoms with Gasteiger partial charge < -0.3 is 20.3 Å². The molecule has 0 aliphatic carbocycles. The fraction of sp³-hybridized carbons (Fsp3) is 0.300. The maximum Gasteiger partial charge on any atom is 0.303 e. The molecule has 1 aliphatic rings. The second-order valence-corrected chi connectivity index (χ2v) is 3.46. The molecule has 86 valence electrons. The fourth-order valence-electron chi connectivity index (χ4n) is 1.56. The Kier molecular flexibility index (Phi) is 2.57. The van der Waals surface area contributed by atoms with Gasteiger partial charge in [0.15, 0.2) is 11.5 Å². The van der Waals surface area contributed by atoms with Crippen molar-refractivity contribution in [2.45, 2.75) is 19.3 Å². The van der Waals surface area contributed by atoms with Gasteiger partial charge in [0, 0.05) is 6.42 Å². The van der Waals surface area contributed by atoms with Crippen molar-refractivity contribution in [1.29, 1.82) is 0 Å². The summed E-state index contributed by atoms with van der Waals surface area (Å²) in [4.78, 5) is 10.5. The predicted molar refractivity (Wildman–Crippen MR) is 56.0 cm³/mol. The number of hydrogen-bond acceptors (Lipinski definition) is 5. The summed E-state index contributed by atoms with van der Waals surface area (Å²) < 4.78 is 10.3. The van der Waals surface area contributed by atoms with E-state index in [2.05, 4.69) is 0 Å². The average Bonchev–Trinajstić information content (AvgIpc) is 2.58. The van der Waals surface area contributed by atoms with Gasteiger partial charge in [-0.2, -0.15) is 0 Å². The van der Waals surface area contributed by atoms with Crippen LogP contribution in [-0.2, 0) is 11.2 Å². The number of carbonyl (C=O) groups is 1. The van der Waals surface area contributed by atoms with Gasteiger partial charge in [-0.15, -0.1) is 0 Å². The number of nitrogens with two attached hydrogens (primary N) is 2. The third-order valence-corrected chi connectivity index (χ3v) is 2.34. The molecule has 16 heavy (non-hydrogen) atoms. The second kappa shape index (κ2) is 3.90. The molecule has 1 aliphatic heterocycles. The first-order valence-corrected chi connectivity index (χ1v) is 4.80. The minimum atomic E-state index is -0.867. The van der Waals surface area contributed by atoms with Crippen LogP contribution in [0.3, 0.4) is 0 Å². The van der Waals surface area contributed by atoms with Crippen LogP contribution < -0.4 is 20.9 Å². The Hall–Kier alpha value is -1.95. The summed E-state index contributed by atoms with van der Waals surface area (Å²) in [5, 5.41) is 8.58. The van der Waals surface area contributed by atoms with Gasteiger partial charge in [0.2, 0.25) is 0 Å². The Morgan fingerprint density at radius 3 is 2.88 bits per heavy atom. The Morgan fingerprint density at radius 2 is 2.19 bits per heavy atom. The summed E-state index contributed by atoms with van der Waals surface area (Å²) in [6.45, 7) is 0. The number of rotatable bonds is 3. The quantitative estimate of drug-likeness (QED) is 0.637. The summed E-state index contributed by atoms with van der Waals surface area (Å²) in [6, 6.07) is 3.40. The lowest BCUT2D eigenvalue weighted by Crippen LogP contribution is -2.28. The first-order chi connectivity index (χ1) is 7.58. The van der Waals surface area contributed by atoms with E-state index >= 15 is 0 Å². The molecule has 5 N–H and O–H groups in total. The molecule has 2 rings (SSSR count). The maximum absolute atomic E-state index is 10.5. The van der Waals surface area contributed by atoms with E-state index in [9.17, 15) is 4.79 Å². The molecule has 1 heterocycles. The van der Waals surface area contributed by atoms with Gasteiger partial charge in [0.05, 0.1) is 5.69 Å². The van der Waals surface area contributed by atoms with Gasteiger partial charge in [0.25, 0.3) is 6.41 Å². The summed E-state index contributed by atoms with van der Waals surface area (Å²) in [5.41, 5.74) is 12.4. The molecule has 0 spiro atoms. The summed E-state index contributed by atoms with van der Waals surface area (Å²) in [7, 11) is 0. The molecule has 0 saturated carbocycles. The number of carboxylic acids is 1. The van der Waals surface area contributed by atoms with Gasteiger partial charge >= 0.3 is 5.97 Å². The minimum absolute atomic E-state index is 0.0237. The van der Waals surface area contributed by atoms with Crippen molar-refractivity contribution in [2.24, 2.45) is 5.73 Å². The zero-order chi connectivity index (χ0) is 11.7. The highest BCUT2D eigenvalue weighted by atomic mass is 16.7. The van der Waals surface area contributed by atoms with E-state index in [1.807, 2.05) is 0 Å². The zero-order valence-corrected chi connectivity index (χ0v) is 8.47. The molecular formula is C10H12N2O4. The van der Waals surface area contributed by atoms with E-state index < -0.39 is 12.4 Å². The molecule has 1 unspecified atom stereocenters. The van der Waals surface area contributed by atoms with Crippen molar-refractivity contribution in [2.75, 3.05) is 5.73 Å². The van der Waals surface area contributed by atoms with Crippen molar-refractivity contribution in [3.8, 4) is 11.5 Å². The van der Waals surface area contributed by atoms with Crippen LogP contribution in [0.2, 0.25) is 0 Å². The first-order valence-electron chi connectivity index (χ1n) is 4.80. The van der Waals surface area contributed by atoms with Crippen LogP contribution in [0.15, 0.2) is 12.1 Å². The van der Waals surface area contributed by atoms with Crippen molar-refractivity contribution in [3.05, 3.63) is 17.7 Å². The summed E-state index contributed by atoms with van der Waals surface area (Å²) in [5.74, 6) is 0.0215. The van der Waals surface area contributed by atoms with Crippen LogP contribution in [0, 0.1) is 0 Å². The third kappa shape index (κ3) is 1.87. The lowest BCUT2D eigenvalue weighted by atomic mass is 10.1. The Balaban J connectivity index is 2.23. The molecule has 0 saturated heterocycles. The number of aliphatic carboxylic acids is 1. The van der Waals surface area contributed by atoms with Crippen LogP contribution in [-0.4, -0.2) is 17.5 Å². The lowest BCUT2D eigenvalue weighted by molar-refractivity contribution is -0.136. The number of ether oxygens (including phenoxy) is 2. The standard InChI is InChI=1S/C10H12N2O4/c11-8-5(2-4-7(13)14)1-3-6-9(8)16-10(12)15-6/h1,3,10H,2,4,11-12H2,(H,13,14). The Morgan fingerprint density at radius 1 is 1.44 bits per heavy atom. The molecule has 6 nitrogen and oxygen atoms in total. The fourth-order valence-corrected chi connectivity index (χ4v) is 1.56. The maximum atomic E-state index is 10.5. The van der Waals surface area contributed by atoms with Crippen LogP contribution >= 0.6 is 0 Å². The predicted octanol–water partition coefficient (Wildman–Crippen LogP) is 0.299. The van der Waals surface area contributed by atoms with Crippen molar-refractivity contribution in [1.82, 2.24) is 0 Å². The van der Waals surface area contributed by atoms with Gasteiger partial charge in [-0.25, -0.2) is 0 Å². The van der Waals surface area contributed by atoms with E-state index in [0.29, 0.717) is 23.6 Å². The van der Waals surface area contributed by atoms with E-state index in [1.54, 1.807) is 12.1 Å². The van der Waals surface area contributed by atoms with E-state index in [1.165, 1.54) is 0 Å². The van der Waals surface area contributed by atoms with Crippen LogP contribution in [0.5, 0.6) is 11.5 Å². The number of benzene rings is 1. The number of nitrogen functional groups attached to an aromatic ring is 1. The molecule has 1 atom stereocenters. The lowest BCUT2D eigenvalue weighted by Gasteiger charge is -2.06. The molecule has 1 aromatic rings. The average molecular weight is 224 g/mol. The molecule has 0 radical (unpaired) electrons. The monoisotopic (exact) mass is 224 g/mol. The van der Waals surface area contributed by atoms with Gasteiger partial charge in [-0.3, -0.25) is 10.5 Å². The summed E-state index contributed by atoms with van der Waals surface area (Å²) in [6.07, 6.45) is -0.463. The normalized spacial score (nSPS) is 17.4. The number of aryl methyl sites for hydroxylation is 1. The van der Waals surface area contributed by atoms with E-state index in [-0.39, 0.29) is 6.42 Å². The molecule has 0 aromatic heterocycles. The zero-order valence-electron chi connectivity index (χ0n) is 8.47. The van der Waals surface area contributed by atoms with Crippen LogP contribution in [0.25, 0.3) is 0 Å². The van der Waals surface area contributed by atoms with Crippen molar-refractivity contribution >= 4 is 11.7 Å². The molecular weight excluding hydrogens is 212 g/mol. The highest BCUT2D eigenvalue weighted by Gasteiger charge is 2.24. The molecule has 6 heteroatoms. The van der Waals surface area contributed by atoms with Crippen molar-refractivity contribution < 1.29 is 19.4 Å². The number of hydrogen-bond donors (Lipinski definition) is 3. The highest BCUT2D eigenvalue weighted by Crippen LogP contribution is 2.40. The molecule has 0 fully saturated rings. The summed E-state index contributed by atoms with van der Waals surface area (Å²) >= 11 is 0. The van der Waals surface area contributed by atoms with Gasteiger partial charge in [-0.1, -0.05) is 6.07 Å². The van der Waals surface area contributed by atoms with Crippen molar-refractivity contribution in [3.63, 3.8) is 0 Å². The molecule has 0 amide bonds.